The first-order chi connectivity index (χ1) is 3.80. The predicted molar refractivity (Wildman–Crippen MR) is 25.3 cm³/mol. The molecule has 0 N–H and O–H groups in total. The maximum Gasteiger partial charge on any atom is 2.00 e. The Hall–Kier alpha value is -0.661. The Morgan fingerprint density at radius 3 is 1.44 bits per heavy atom. The SMILES string of the molecule is [Fe+2].[O-]c1ccccc1[O-]. The van der Waals surface area contributed by atoms with Crippen molar-refractivity contribution >= 4 is 0 Å². The zero-order valence-electron chi connectivity index (χ0n) is 4.48. The van der Waals surface area contributed by atoms with Crippen molar-refractivity contribution in [1.82, 2.24) is 0 Å². The molecule has 0 unspecified atom stereocenters. The van der Waals surface area contributed by atoms with Gasteiger partial charge in [0.15, 0.2) is 0 Å². The van der Waals surface area contributed by atoms with E-state index in [1.807, 2.05) is 0 Å². The van der Waals surface area contributed by atoms with E-state index in [9.17, 15) is 10.2 Å². The van der Waals surface area contributed by atoms with Crippen molar-refractivity contribution in [1.29, 1.82) is 0 Å². The third-order valence-corrected chi connectivity index (χ3v) is 0.849. The average Bonchev–Trinajstić information content (AvgIpc) is 1.77. The summed E-state index contributed by atoms with van der Waals surface area (Å²) in [5.41, 5.74) is 0. The Balaban J connectivity index is 0.000000640. The van der Waals surface area contributed by atoms with Crippen molar-refractivity contribution in [3.63, 3.8) is 0 Å². The minimum Gasteiger partial charge on any atom is -0.873 e. The minimum atomic E-state index is -0.437. The number of benzene rings is 1. The van der Waals surface area contributed by atoms with Crippen LogP contribution in [0.1, 0.15) is 0 Å². The van der Waals surface area contributed by atoms with E-state index < -0.39 is 11.5 Å². The first kappa shape index (κ1) is 8.34. The molecule has 1 aromatic rings. The number of rotatable bonds is 0. The van der Waals surface area contributed by atoms with E-state index in [1.165, 1.54) is 12.1 Å². The molecular weight excluding hydrogens is 160 g/mol. The molecule has 0 atom stereocenters. The van der Waals surface area contributed by atoms with Crippen molar-refractivity contribution in [2.75, 3.05) is 0 Å². The fourth-order valence-electron chi connectivity index (χ4n) is 0.450. The van der Waals surface area contributed by atoms with E-state index in [-0.39, 0.29) is 17.1 Å². The van der Waals surface area contributed by atoms with Gasteiger partial charge in [0.2, 0.25) is 0 Å². The van der Waals surface area contributed by atoms with E-state index in [2.05, 4.69) is 0 Å². The van der Waals surface area contributed by atoms with E-state index in [0.717, 1.165) is 0 Å². The largest absolute Gasteiger partial charge is 2.00 e. The van der Waals surface area contributed by atoms with Gasteiger partial charge in [0.1, 0.15) is 0 Å². The summed E-state index contributed by atoms with van der Waals surface area (Å²) in [6.07, 6.45) is 0. The molecule has 2 nitrogen and oxygen atoms in total. The standard InChI is InChI=1S/C6H6O2.Fe/c7-5-3-1-2-4-6(5)8;/h1-4,7-8H;/q;+2/p-2. The van der Waals surface area contributed by atoms with Gasteiger partial charge in [-0.05, 0) is 0 Å². The van der Waals surface area contributed by atoms with Crippen LogP contribution < -0.4 is 10.2 Å². The average molecular weight is 164 g/mol. The van der Waals surface area contributed by atoms with Gasteiger partial charge < -0.3 is 10.2 Å². The van der Waals surface area contributed by atoms with Gasteiger partial charge in [-0.25, -0.2) is 0 Å². The Morgan fingerprint density at radius 2 is 1.22 bits per heavy atom. The van der Waals surface area contributed by atoms with Crippen LogP contribution in [0.5, 0.6) is 11.5 Å². The van der Waals surface area contributed by atoms with Crippen LogP contribution in [0.2, 0.25) is 0 Å². The summed E-state index contributed by atoms with van der Waals surface area (Å²) in [5, 5.41) is 20.6. The summed E-state index contributed by atoms with van der Waals surface area (Å²) in [6.45, 7) is 0. The van der Waals surface area contributed by atoms with E-state index in [1.54, 1.807) is 12.1 Å². The molecule has 48 valence electrons. The van der Waals surface area contributed by atoms with Crippen LogP contribution >= 0.6 is 0 Å². The zero-order chi connectivity index (χ0) is 5.98. The molecule has 0 radical (unpaired) electrons. The minimum absolute atomic E-state index is 0. The van der Waals surface area contributed by atoms with E-state index >= 15 is 0 Å². The fourth-order valence-corrected chi connectivity index (χ4v) is 0.450. The normalized spacial score (nSPS) is 8.00. The van der Waals surface area contributed by atoms with Crippen molar-refractivity contribution < 1.29 is 27.3 Å². The summed E-state index contributed by atoms with van der Waals surface area (Å²) in [5.74, 6) is -0.875. The number of hydrogen-bond acceptors (Lipinski definition) is 2. The summed E-state index contributed by atoms with van der Waals surface area (Å²) < 4.78 is 0. The fraction of sp³-hybridized carbons (Fsp3) is 0. The predicted octanol–water partition coefficient (Wildman–Crippen LogP) is -0.169. The van der Waals surface area contributed by atoms with Gasteiger partial charge in [-0.3, -0.25) is 0 Å². The monoisotopic (exact) mass is 164 g/mol. The molecule has 1 aromatic carbocycles. The second kappa shape index (κ2) is 3.38. The molecule has 0 aromatic heterocycles. The molecule has 0 heterocycles. The van der Waals surface area contributed by atoms with Crippen LogP contribution in [0.15, 0.2) is 24.3 Å². The molecule has 0 amide bonds. The summed E-state index contributed by atoms with van der Waals surface area (Å²) in [7, 11) is 0. The Morgan fingerprint density at radius 1 is 0.889 bits per heavy atom. The molecule has 1 rings (SSSR count). The molecule has 0 saturated heterocycles. The summed E-state index contributed by atoms with van der Waals surface area (Å²) in [6, 6.07) is 5.60. The molecule has 0 saturated carbocycles. The maximum atomic E-state index is 10.3. The number of hydrogen-bond donors (Lipinski definition) is 0. The van der Waals surface area contributed by atoms with Gasteiger partial charge in [0.05, 0.1) is 0 Å². The Labute approximate surface area is 63.6 Å². The molecule has 0 aliphatic rings. The third kappa shape index (κ3) is 1.96. The third-order valence-electron chi connectivity index (χ3n) is 0.849. The van der Waals surface area contributed by atoms with Crippen molar-refractivity contribution in [3.05, 3.63) is 24.3 Å². The van der Waals surface area contributed by atoms with Crippen LogP contribution in [-0.2, 0) is 17.1 Å². The van der Waals surface area contributed by atoms with Gasteiger partial charge in [-0.1, -0.05) is 24.3 Å². The molecule has 3 heteroatoms. The second-order valence-electron chi connectivity index (χ2n) is 1.45. The Bertz CT molecular complexity index is 167. The van der Waals surface area contributed by atoms with Crippen LogP contribution in [0.25, 0.3) is 0 Å². The van der Waals surface area contributed by atoms with E-state index in [0.29, 0.717) is 0 Å². The first-order valence-corrected chi connectivity index (χ1v) is 2.24. The van der Waals surface area contributed by atoms with Crippen molar-refractivity contribution in [2.45, 2.75) is 0 Å². The van der Waals surface area contributed by atoms with Gasteiger partial charge in [-0.15, -0.1) is 11.5 Å². The van der Waals surface area contributed by atoms with Crippen molar-refractivity contribution in [2.24, 2.45) is 0 Å². The molecule has 0 fully saturated rings. The quantitative estimate of drug-likeness (QED) is 0.499. The van der Waals surface area contributed by atoms with Crippen molar-refractivity contribution in [3.8, 4) is 11.5 Å². The molecule has 0 spiro atoms. The molecule has 0 bridgehead atoms. The summed E-state index contributed by atoms with van der Waals surface area (Å²) in [4.78, 5) is 0. The topological polar surface area (TPSA) is 46.1 Å². The van der Waals surface area contributed by atoms with Gasteiger partial charge in [-0.2, -0.15) is 0 Å². The number of para-hydroxylation sites is 2. The van der Waals surface area contributed by atoms with E-state index in [4.69, 9.17) is 0 Å². The van der Waals surface area contributed by atoms with Gasteiger partial charge >= 0.3 is 17.1 Å². The van der Waals surface area contributed by atoms with Crippen LogP contribution in [-0.4, -0.2) is 0 Å². The smallest absolute Gasteiger partial charge is 0.873 e. The first-order valence-electron chi connectivity index (χ1n) is 2.24. The summed E-state index contributed by atoms with van der Waals surface area (Å²) >= 11 is 0. The Kier molecular flexibility index (Phi) is 3.13. The molecule has 9 heavy (non-hydrogen) atoms. The molecule has 0 aliphatic heterocycles. The van der Waals surface area contributed by atoms with Crippen LogP contribution in [0.4, 0.5) is 0 Å². The zero-order valence-corrected chi connectivity index (χ0v) is 5.58. The second-order valence-corrected chi connectivity index (χ2v) is 1.45. The van der Waals surface area contributed by atoms with Gasteiger partial charge in [0, 0.05) is 0 Å². The molecular formula is C6H4FeO2. The van der Waals surface area contributed by atoms with Gasteiger partial charge in [0.25, 0.3) is 0 Å². The van der Waals surface area contributed by atoms with Crippen LogP contribution in [0, 0.1) is 0 Å². The van der Waals surface area contributed by atoms with Crippen LogP contribution in [0.3, 0.4) is 0 Å². The molecule has 0 aliphatic carbocycles. The maximum absolute atomic E-state index is 10.3.